The van der Waals surface area contributed by atoms with Crippen molar-refractivity contribution in [1.29, 1.82) is 0 Å². The Hall–Kier alpha value is -7.23. The summed E-state index contributed by atoms with van der Waals surface area (Å²) in [5, 5.41) is 28.0. The van der Waals surface area contributed by atoms with Gasteiger partial charge in [0.05, 0.1) is 26.5 Å². The van der Waals surface area contributed by atoms with E-state index in [0.717, 1.165) is 56.6 Å². The summed E-state index contributed by atoms with van der Waals surface area (Å²) in [6, 6.07) is 9.73. The minimum Gasteiger partial charge on any atom is -0.444 e. The molecule has 336 valence electrons. The van der Waals surface area contributed by atoms with Crippen molar-refractivity contribution >= 4 is 17.4 Å². The number of hydrogen-bond acceptors (Lipinski definition) is 15. The number of pyridine rings is 2. The van der Waals surface area contributed by atoms with E-state index in [-0.39, 0.29) is 17.8 Å². The number of carbonyl (C=O) groups excluding carboxylic acids is 1. The van der Waals surface area contributed by atoms with Gasteiger partial charge in [-0.1, -0.05) is 0 Å². The van der Waals surface area contributed by atoms with Crippen molar-refractivity contribution in [3.8, 4) is 46.1 Å². The number of imidazole rings is 2. The van der Waals surface area contributed by atoms with Gasteiger partial charge in [0.2, 0.25) is 11.6 Å². The number of hydrogen-bond donors (Lipinski definition) is 1. The second-order valence-corrected chi connectivity index (χ2v) is 17.3. The third kappa shape index (κ3) is 10.1. The van der Waals surface area contributed by atoms with E-state index in [1.165, 1.54) is 34.1 Å². The van der Waals surface area contributed by atoms with E-state index in [1.807, 2.05) is 32.9 Å². The van der Waals surface area contributed by atoms with Gasteiger partial charge in [-0.05, 0) is 131 Å². The summed E-state index contributed by atoms with van der Waals surface area (Å²) in [7, 11) is 3.39. The molecule has 10 rings (SSSR count). The zero-order valence-electron chi connectivity index (χ0n) is 36.7. The second kappa shape index (κ2) is 18.1. The van der Waals surface area contributed by atoms with Gasteiger partial charge in [0, 0.05) is 36.9 Å². The summed E-state index contributed by atoms with van der Waals surface area (Å²) in [4.78, 5) is 44.7. The number of ether oxygens (including phenoxy) is 1. The van der Waals surface area contributed by atoms with Crippen LogP contribution < -0.4 is 5.32 Å². The molecule has 0 saturated carbocycles. The predicted octanol–water partition coefficient (Wildman–Crippen LogP) is 4.97. The number of halogens is 2. The van der Waals surface area contributed by atoms with E-state index >= 15 is 0 Å². The van der Waals surface area contributed by atoms with E-state index in [2.05, 4.69) is 56.1 Å². The van der Waals surface area contributed by atoms with Crippen LogP contribution >= 0.6 is 0 Å². The molecule has 8 aromatic heterocycles. The highest BCUT2D eigenvalue weighted by atomic mass is 19.1. The van der Waals surface area contributed by atoms with Crippen LogP contribution in [0.3, 0.4) is 0 Å². The van der Waals surface area contributed by atoms with Crippen LogP contribution in [0.2, 0.25) is 0 Å². The van der Waals surface area contributed by atoms with E-state index in [4.69, 9.17) is 14.7 Å². The summed E-state index contributed by atoms with van der Waals surface area (Å²) in [5.41, 5.74) is 4.61. The molecule has 2 aliphatic heterocycles. The van der Waals surface area contributed by atoms with Crippen LogP contribution in [-0.2, 0) is 31.7 Å². The molecular weight excluding hydrogens is 839 g/mol. The lowest BCUT2D eigenvalue weighted by molar-refractivity contribution is 0.0165. The molecule has 2 aliphatic rings. The lowest BCUT2D eigenvalue weighted by atomic mass is 9.93. The molecule has 20 nitrogen and oxygen atoms in total. The van der Waals surface area contributed by atoms with Gasteiger partial charge < -0.3 is 15.0 Å². The number of nitrogens with zero attached hydrogens (tertiary/aromatic N) is 17. The fraction of sp³-hybridized carbons (Fsp3) is 0.419. The molecule has 1 N–H and O–H groups in total. The van der Waals surface area contributed by atoms with Crippen molar-refractivity contribution in [2.24, 2.45) is 25.9 Å². The Bertz CT molecular complexity index is 2970. The highest BCUT2D eigenvalue weighted by molar-refractivity contribution is 5.68. The Morgan fingerprint density at radius 2 is 1.28 bits per heavy atom. The van der Waals surface area contributed by atoms with E-state index < -0.39 is 11.4 Å². The van der Waals surface area contributed by atoms with Crippen molar-refractivity contribution in [1.82, 2.24) is 89.3 Å². The number of rotatable bonds is 8. The number of tetrazole rings is 2. The highest BCUT2D eigenvalue weighted by Crippen LogP contribution is 2.28. The topological polar surface area (TPSA) is 215 Å². The van der Waals surface area contributed by atoms with Crippen molar-refractivity contribution in [3.05, 3.63) is 84.2 Å². The van der Waals surface area contributed by atoms with Gasteiger partial charge in [0.15, 0.2) is 11.6 Å². The third-order valence-corrected chi connectivity index (χ3v) is 11.0. The van der Waals surface area contributed by atoms with Gasteiger partial charge in [-0.3, -0.25) is 8.80 Å². The first-order valence-electron chi connectivity index (χ1n) is 21.5. The van der Waals surface area contributed by atoms with Gasteiger partial charge in [0.1, 0.15) is 51.3 Å². The molecule has 65 heavy (non-hydrogen) atoms. The summed E-state index contributed by atoms with van der Waals surface area (Å²) < 4.78 is 36.6. The van der Waals surface area contributed by atoms with Crippen molar-refractivity contribution in [2.75, 3.05) is 26.2 Å². The van der Waals surface area contributed by atoms with Crippen LogP contribution in [0.1, 0.15) is 57.8 Å². The Balaban J connectivity index is 0.000000168. The SMILES string of the molecule is Cn1nnc(-c2cc(C[C@@H]3CCCN(C(=O)OC(C)(C)C)C3)nc(-c3cnc4ccc(F)cn34)n2)n1.Cn1nnc(-c2cc(C[C@@H]3CCCNC3)nc(-c3cnc4ccc(F)cn34)n2)n1. The molecule has 0 spiro atoms. The average molecular weight is 887 g/mol. The van der Waals surface area contributed by atoms with Crippen molar-refractivity contribution in [2.45, 2.75) is 64.9 Å². The number of likely N-dealkylation sites (tertiary alicyclic amines) is 1. The molecule has 2 saturated heterocycles. The maximum atomic E-state index is 14.0. The van der Waals surface area contributed by atoms with Crippen LogP contribution in [0, 0.1) is 23.5 Å². The standard InChI is InChI=1S/C24H28FN9O2.C19H20FN9/c1-24(2,3)36-23(35)33-9-5-6-15(13-33)10-17-11-18(21-29-31-32(4)30-21)28-22(27-17)19-12-26-20-8-7-16(25)14-34(19)20;1-28-26-18(25-27-28)15-8-14(7-12-3-2-6-21-9-12)23-19(24-15)16-10-22-17-5-4-13(20)11-29(16)17/h7-8,11-12,14-15H,5-6,9-10,13H2,1-4H3;4-5,8,10-12,21H,2-3,6-7,9H2,1H3/t15-;12-/m00/s1. The molecule has 2 fully saturated rings. The molecule has 10 heterocycles. The second-order valence-electron chi connectivity index (χ2n) is 17.3. The largest absolute Gasteiger partial charge is 0.444 e. The Labute approximate surface area is 371 Å². The Kier molecular flexibility index (Phi) is 12.0. The number of fused-ring (bicyclic) bond motifs is 2. The molecule has 0 bridgehead atoms. The van der Waals surface area contributed by atoms with E-state index in [9.17, 15) is 13.6 Å². The Morgan fingerprint density at radius 1 is 0.738 bits per heavy atom. The third-order valence-electron chi connectivity index (χ3n) is 11.0. The first-order valence-corrected chi connectivity index (χ1v) is 21.5. The molecule has 0 aromatic carbocycles. The molecule has 0 unspecified atom stereocenters. The van der Waals surface area contributed by atoms with Crippen LogP contribution in [0.15, 0.2) is 61.2 Å². The first-order chi connectivity index (χ1) is 31.3. The zero-order valence-corrected chi connectivity index (χ0v) is 36.7. The Morgan fingerprint density at radius 3 is 1.77 bits per heavy atom. The fourth-order valence-electron chi connectivity index (χ4n) is 8.09. The number of aromatic nitrogens is 16. The smallest absolute Gasteiger partial charge is 0.410 e. The number of amides is 1. The number of carbonyl (C=O) groups is 1. The number of aryl methyl sites for hydroxylation is 2. The van der Waals surface area contributed by atoms with Crippen molar-refractivity contribution < 1.29 is 18.3 Å². The summed E-state index contributed by atoms with van der Waals surface area (Å²) in [5.74, 6) is 1.60. The van der Waals surface area contributed by atoms with Crippen LogP contribution in [0.4, 0.5) is 13.6 Å². The minimum absolute atomic E-state index is 0.191. The zero-order chi connectivity index (χ0) is 45.2. The molecule has 8 aromatic rings. The predicted molar refractivity (Wildman–Crippen MR) is 231 cm³/mol. The summed E-state index contributed by atoms with van der Waals surface area (Å²) in [6.07, 6.45) is 11.3. The number of nitrogens with one attached hydrogen (secondary N) is 1. The van der Waals surface area contributed by atoms with Gasteiger partial charge in [-0.2, -0.15) is 9.59 Å². The van der Waals surface area contributed by atoms with Gasteiger partial charge in [-0.15, -0.1) is 20.4 Å². The van der Waals surface area contributed by atoms with Gasteiger partial charge in [0.25, 0.3) is 0 Å². The summed E-state index contributed by atoms with van der Waals surface area (Å²) >= 11 is 0. The first kappa shape index (κ1) is 43.0. The molecule has 0 aliphatic carbocycles. The summed E-state index contributed by atoms with van der Waals surface area (Å²) in [6.45, 7) is 8.87. The van der Waals surface area contributed by atoms with Crippen LogP contribution in [0.5, 0.6) is 0 Å². The van der Waals surface area contributed by atoms with Gasteiger partial charge >= 0.3 is 6.09 Å². The molecular formula is C43H48F2N18O2. The molecule has 22 heteroatoms. The molecule has 0 radical (unpaired) electrons. The maximum Gasteiger partial charge on any atom is 0.410 e. The van der Waals surface area contributed by atoms with Crippen LogP contribution in [-0.4, -0.2) is 122 Å². The molecule has 1 amide bonds. The normalized spacial score (nSPS) is 16.8. The lowest BCUT2D eigenvalue weighted by Gasteiger charge is -2.34. The van der Waals surface area contributed by atoms with E-state index in [0.29, 0.717) is 82.8 Å². The molecule has 2 atom stereocenters. The average Bonchev–Trinajstić information content (AvgIpc) is 4.10. The quantitative estimate of drug-likeness (QED) is 0.213. The van der Waals surface area contributed by atoms with Gasteiger partial charge in [-0.25, -0.2) is 43.5 Å². The lowest BCUT2D eigenvalue weighted by Crippen LogP contribution is -2.43. The van der Waals surface area contributed by atoms with E-state index in [1.54, 1.807) is 52.3 Å². The van der Waals surface area contributed by atoms with Crippen molar-refractivity contribution in [3.63, 3.8) is 0 Å². The monoisotopic (exact) mass is 886 g/mol. The van der Waals surface area contributed by atoms with Crippen LogP contribution in [0.25, 0.3) is 57.4 Å². The fourth-order valence-corrected chi connectivity index (χ4v) is 8.09. The highest BCUT2D eigenvalue weighted by Gasteiger charge is 2.29. The number of piperidine rings is 2. The minimum atomic E-state index is -0.544. The maximum absolute atomic E-state index is 14.0.